The van der Waals surface area contributed by atoms with E-state index in [0.717, 1.165) is 28.8 Å². The summed E-state index contributed by atoms with van der Waals surface area (Å²) in [7, 11) is 0. The van der Waals surface area contributed by atoms with Crippen LogP contribution in [0.3, 0.4) is 0 Å². The van der Waals surface area contributed by atoms with Crippen molar-refractivity contribution in [2.75, 3.05) is 6.61 Å². The number of amides is 1. The predicted molar refractivity (Wildman–Crippen MR) is 116 cm³/mol. The lowest BCUT2D eigenvalue weighted by Gasteiger charge is -2.11. The second-order valence-corrected chi connectivity index (χ2v) is 7.52. The van der Waals surface area contributed by atoms with Crippen molar-refractivity contribution >= 4 is 11.6 Å². The van der Waals surface area contributed by atoms with E-state index < -0.39 is 5.91 Å². The van der Waals surface area contributed by atoms with Gasteiger partial charge >= 0.3 is 0 Å². The van der Waals surface area contributed by atoms with Crippen LogP contribution in [-0.2, 0) is 16.1 Å². The maximum absolute atomic E-state index is 10.9. The van der Waals surface area contributed by atoms with Gasteiger partial charge in [-0.15, -0.1) is 0 Å². The predicted octanol–water partition coefficient (Wildman–Crippen LogP) is 3.21. The first kappa shape index (κ1) is 21.1. The maximum Gasteiger partial charge on any atom is 0.258 e. The third-order valence-electron chi connectivity index (χ3n) is 4.86. The quantitative estimate of drug-likeness (QED) is 0.567. The normalized spacial score (nSPS) is 13.8. The Hall–Kier alpha value is -4.19. The molecule has 0 fully saturated rings. The molecule has 32 heavy (non-hydrogen) atoms. The van der Waals surface area contributed by atoms with Crippen LogP contribution in [0.25, 0.3) is 22.8 Å². The van der Waals surface area contributed by atoms with Crippen LogP contribution in [0, 0.1) is 11.3 Å². The van der Waals surface area contributed by atoms with E-state index >= 15 is 0 Å². The average Bonchev–Trinajstić information content (AvgIpc) is 3.41. The minimum Gasteiger partial charge on any atom is -0.490 e. The van der Waals surface area contributed by atoms with E-state index in [4.69, 9.17) is 19.8 Å². The van der Waals surface area contributed by atoms with Crippen LogP contribution in [0.5, 0.6) is 5.75 Å². The van der Waals surface area contributed by atoms with Crippen molar-refractivity contribution < 1.29 is 18.9 Å². The van der Waals surface area contributed by atoms with Gasteiger partial charge in [-0.05, 0) is 50.5 Å². The van der Waals surface area contributed by atoms with Crippen molar-refractivity contribution in [3.05, 3.63) is 53.1 Å². The number of carbonyl (C=O) groups excluding carboxylic acids is 1. The maximum atomic E-state index is 10.9. The zero-order chi connectivity index (χ0) is 22.7. The largest absolute Gasteiger partial charge is 0.490 e. The van der Waals surface area contributed by atoms with E-state index in [1.54, 1.807) is 18.2 Å². The first-order valence-corrected chi connectivity index (χ1v) is 10.1. The van der Waals surface area contributed by atoms with Crippen molar-refractivity contribution in [2.24, 2.45) is 10.9 Å². The Morgan fingerprint density at radius 2 is 2.09 bits per heavy atom. The number of nitriles is 1. The highest BCUT2D eigenvalue weighted by atomic mass is 16.6. The summed E-state index contributed by atoms with van der Waals surface area (Å²) in [6.45, 7) is 3.54. The molecule has 1 amide bonds. The number of fused-ring (bicyclic) bond motifs is 1. The number of nitrogens with two attached hydrogens (primary N) is 1. The standard InChI is InChI=1S/C23H21N5O4/c1-13(2)31-20-9-6-14(10-15(20)11-24)23-26-22(28-32-23)18-5-3-4-17-16(18)7-8-19(17)27-30-12-21(25)29/h3-6,9-10,13H,7-8,12H2,1-2H3,(H2,25,29)/b27-19-. The summed E-state index contributed by atoms with van der Waals surface area (Å²) in [5.74, 6) is 0.681. The van der Waals surface area contributed by atoms with Gasteiger partial charge in [0.25, 0.3) is 11.8 Å². The molecule has 1 heterocycles. The minimum atomic E-state index is -0.580. The van der Waals surface area contributed by atoms with Crippen molar-refractivity contribution in [3.63, 3.8) is 0 Å². The summed E-state index contributed by atoms with van der Waals surface area (Å²) >= 11 is 0. The Morgan fingerprint density at radius 1 is 1.28 bits per heavy atom. The van der Waals surface area contributed by atoms with Gasteiger partial charge in [-0.25, -0.2) is 0 Å². The average molecular weight is 431 g/mol. The molecule has 9 nitrogen and oxygen atoms in total. The summed E-state index contributed by atoms with van der Waals surface area (Å²) in [6.07, 6.45) is 1.35. The smallest absolute Gasteiger partial charge is 0.258 e. The molecule has 162 valence electrons. The van der Waals surface area contributed by atoms with E-state index in [2.05, 4.69) is 21.4 Å². The van der Waals surface area contributed by atoms with E-state index in [1.165, 1.54) is 0 Å². The molecule has 1 aliphatic carbocycles. The van der Waals surface area contributed by atoms with E-state index in [9.17, 15) is 10.1 Å². The van der Waals surface area contributed by atoms with Gasteiger partial charge in [-0.2, -0.15) is 10.2 Å². The second-order valence-electron chi connectivity index (χ2n) is 7.52. The summed E-state index contributed by atoms with van der Waals surface area (Å²) in [5.41, 5.74) is 9.63. The first-order chi connectivity index (χ1) is 15.5. The molecule has 2 N–H and O–H groups in total. The zero-order valence-corrected chi connectivity index (χ0v) is 17.7. The van der Waals surface area contributed by atoms with Crippen molar-refractivity contribution in [1.82, 2.24) is 10.1 Å². The fraction of sp³-hybridized carbons (Fsp3) is 0.261. The molecule has 0 unspecified atom stereocenters. The number of oxime groups is 1. The summed E-state index contributed by atoms with van der Waals surface area (Å²) < 4.78 is 11.2. The molecule has 0 spiro atoms. The lowest BCUT2D eigenvalue weighted by Crippen LogP contribution is -2.16. The zero-order valence-electron chi connectivity index (χ0n) is 17.7. The fourth-order valence-corrected chi connectivity index (χ4v) is 3.54. The third-order valence-corrected chi connectivity index (χ3v) is 4.86. The van der Waals surface area contributed by atoms with Gasteiger partial charge in [0.05, 0.1) is 17.4 Å². The molecule has 2 aromatic carbocycles. The van der Waals surface area contributed by atoms with Gasteiger partial charge in [-0.1, -0.05) is 28.5 Å². The SMILES string of the molecule is CC(C)Oc1ccc(-c2nc(-c3cccc4c3CC/C4=N/OCC(N)=O)no2)cc1C#N. The van der Waals surface area contributed by atoms with Crippen LogP contribution in [0.15, 0.2) is 46.1 Å². The summed E-state index contributed by atoms with van der Waals surface area (Å²) in [4.78, 5) is 20.4. The van der Waals surface area contributed by atoms with Gasteiger partial charge in [0.2, 0.25) is 5.82 Å². The van der Waals surface area contributed by atoms with Gasteiger partial charge < -0.3 is 19.8 Å². The summed E-state index contributed by atoms with van der Waals surface area (Å²) in [5, 5.41) is 17.7. The molecule has 1 aliphatic rings. The molecular formula is C23H21N5O4. The Kier molecular flexibility index (Phi) is 5.85. The highest BCUT2D eigenvalue weighted by molar-refractivity contribution is 6.05. The molecule has 0 saturated heterocycles. The molecule has 0 aliphatic heterocycles. The molecule has 0 radical (unpaired) electrons. The number of primary amides is 1. The van der Waals surface area contributed by atoms with E-state index in [1.807, 2.05) is 32.0 Å². The molecule has 1 aromatic heterocycles. The number of hydrogen-bond donors (Lipinski definition) is 1. The first-order valence-electron chi connectivity index (χ1n) is 10.1. The Morgan fingerprint density at radius 3 is 2.84 bits per heavy atom. The highest BCUT2D eigenvalue weighted by Crippen LogP contribution is 2.33. The van der Waals surface area contributed by atoms with Gasteiger partial charge in [0, 0.05) is 16.7 Å². The number of benzene rings is 2. The number of nitrogens with zero attached hydrogens (tertiary/aromatic N) is 4. The molecule has 4 rings (SSSR count). The molecule has 0 bridgehead atoms. The monoisotopic (exact) mass is 431 g/mol. The second kappa shape index (κ2) is 8.89. The molecular weight excluding hydrogens is 410 g/mol. The summed E-state index contributed by atoms with van der Waals surface area (Å²) in [6, 6.07) is 13.1. The van der Waals surface area contributed by atoms with Crippen LogP contribution in [0.2, 0.25) is 0 Å². The lowest BCUT2D eigenvalue weighted by molar-refractivity contribution is -0.122. The number of rotatable bonds is 7. The number of carbonyl (C=O) groups is 1. The van der Waals surface area contributed by atoms with Crippen molar-refractivity contribution in [2.45, 2.75) is 32.8 Å². The fourth-order valence-electron chi connectivity index (χ4n) is 3.54. The van der Waals surface area contributed by atoms with E-state index in [0.29, 0.717) is 35.0 Å². The van der Waals surface area contributed by atoms with Crippen molar-refractivity contribution in [1.29, 1.82) is 5.26 Å². The molecule has 3 aromatic rings. The van der Waals surface area contributed by atoms with Crippen LogP contribution in [-0.4, -0.2) is 34.5 Å². The highest BCUT2D eigenvalue weighted by Gasteiger charge is 2.24. The van der Waals surface area contributed by atoms with Gasteiger partial charge in [-0.3, -0.25) is 4.79 Å². The number of ether oxygens (including phenoxy) is 1. The van der Waals surface area contributed by atoms with Crippen LogP contribution in [0.4, 0.5) is 0 Å². The Labute approximate surface area is 184 Å². The number of aromatic nitrogens is 2. The molecule has 9 heteroatoms. The van der Waals surface area contributed by atoms with Gasteiger partial charge in [0.1, 0.15) is 11.8 Å². The molecule has 0 atom stereocenters. The van der Waals surface area contributed by atoms with E-state index in [-0.39, 0.29) is 12.7 Å². The minimum absolute atomic E-state index is 0.0437. The lowest BCUT2D eigenvalue weighted by atomic mass is 10.0. The van der Waals surface area contributed by atoms with Crippen LogP contribution < -0.4 is 10.5 Å². The Bertz CT molecular complexity index is 1240. The molecule has 0 saturated carbocycles. The van der Waals surface area contributed by atoms with Crippen LogP contribution >= 0.6 is 0 Å². The van der Waals surface area contributed by atoms with Gasteiger partial charge in [0.15, 0.2) is 6.61 Å². The Balaban J connectivity index is 1.62. The topological polar surface area (TPSA) is 137 Å². The third kappa shape index (κ3) is 4.30. The van der Waals surface area contributed by atoms with Crippen molar-refractivity contribution in [3.8, 4) is 34.7 Å². The number of hydrogen-bond acceptors (Lipinski definition) is 8. The van der Waals surface area contributed by atoms with Crippen LogP contribution in [0.1, 0.15) is 37.0 Å².